The summed E-state index contributed by atoms with van der Waals surface area (Å²) < 4.78 is 10.6. The lowest BCUT2D eigenvalue weighted by atomic mass is 10.1. The molecular weight excluding hydrogens is 290 g/mol. The van der Waals surface area contributed by atoms with Gasteiger partial charge in [0.1, 0.15) is 5.75 Å². The Bertz CT molecular complexity index is 677. The molecule has 3 rings (SSSR count). The fourth-order valence-corrected chi connectivity index (χ4v) is 2.80. The van der Waals surface area contributed by atoms with Crippen LogP contribution in [0, 0.1) is 0 Å². The molecule has 1 fully saturated rings. The Balaban J connectivity index is 1.65. The topological polar surface area (TPSA) is 41.9 Å². The highest BCUT2D eigenvalue weighted by molar-refractivity contribution is 5.86. The standard InChI is InChI=1S/C19H23NO3/c1-22-19-7-5-16-12-15(2-4-17(16)13-19)3-6-18(21)14-20-8-10-23-11-9-20/h2-7,12-13,18,21H,8-11,14H2,1H3/b6-3-. The quantitative estimate of drug-likeness (QED) is 0.921. The maximum atomic E-state index is 10.2. The zero-order chi connectivity index (χ0) is 16.1. The lowest BCUT2D eigenvalue weighted by molar-refractivity contribution is 0.0223. The molecule has 1 saturated heterocycles. The number of hydrogen-bond acceptors (Lipinski definition) is 4. The molecule has 1 unspecified atom stereocenters. The van der Waals surface area contributed by atoms with Crippen molar-refractivity contribution in [3.8, 4) is 5.75 Å². The van der Waals surface area contributed by atoms with E-state index in [1.165, 1.54) is 0 Å². The van der Waals surface area contributed by atoms with Gasteiger partial charge in [0.15, 0.2) is 0 Å². The molecule has 4 nitrogen and oxygen atoms in total. The van der Waals surface area contributed by atoms with E-state index < -0.39 is 6.10 Å². The zero-order valence-corrected chi connectivity index (χ0v) is 13.4. The van der Waals surface area contributed by atoms with Crippen LogP contribution in [-0.2, 0) is 4.74 Å². The Labute approximate surface area is 136 Å². The molecule has 4 heteroatoms. The van der Waals surface area contributed by atoms with E-state index in [0.717, 1.165) is 48.4 Å². The van der Waals surface area contributed by atoms with E-state index in [-0.39, 0.29) is 0 Å². The van der Waals surface area contributed by atoms with Crippen LogP contribution in [0.1, 0.15) is 5.56 Å². The molecule has 1 heterocycles. The van der Waals surface area contributed by atoms with Crippen LogP contribution in [0.4, 0.5) is 0 Å². The van der Waals surface area contributed by atoms with Gasteiger partial charge in [-0.3, -0.25) is 4.90 Å². The molecule has 0 amide bonds. The Morgan fingerprint density at radius 1 is 1.17 bits per heavy atom. The van der Waals surface area contributed by atoms with Crippen LogP contribution in [0.25, 0.3) is 16.8 Å². The van der Waals surface area contributed by atoms with Crippen molar-refractivity contribution < 1.29 is 14.6 Å². The summed E-state index contributed by atoms with van der Waals surface area (Å²) in [5.41, 5.74) is 1.09. The number of nitrogens with zero attached hydrogens (tertiary/aromatic N) is 1. The van der Waals surface area contributed by atoms with E-state index in [1.807, 2.05) is 24.3 Å². The van der Waals surface area contributed by atoms with Gasteiger partial charge < -0.3 is 14.6 Å². The van der Waals surface area contributed by atoms with Gasteiger partial charge in [-0.05, 0) is 34.5 Å². The van der Waals surface area contributed by atoms with E-state index >= 15 is 0 Å². The minimum atomic E-state index is -0.459. The number of morpholine rings is 1. The Hall–Kier alpha value is -1.88. The van der Waals surface area contributed by atoms with Crippen LogP contribution in [0.3, 0.4) is 0 Å². The van der Waals surface area contributed by atoms with Gasteiger partial charge in [0.2, 0.25) is 0 Å². The van der Waals surface area contributed by atoms with Gasteiger partial charge in [-0.1, -0.05) is 30.4 Å². The Morgan fingerprint density at radius 3 is 2.70 bits per heavy atom. The molecule has 1 N–H and O–H groups in total. The number of ether oxygens (including phenoxy) is 2. The highest BCUT2D eigenvalue weighted by Gasteiger charge is 2.12. The fraction of sp³-hybridized carbons (Fsp3) is 0.368. The third-order valence-electron chi connectivity index (χ3n) is 4.13. The molecular formula is C19H23NO3. The first-order chi connectivity index (χ1) is 11.2. The molecule has 0 aliphatic carbocycles. The van der Waals surface area contributed by atoms with Crippen molar-refractivity contribution in [2.45, 2.75) is 6.10 Å². The van der Waals surface area contributed by atoms with Crippen LogP contribution in [0.5, 0.6) is 5.75 Å². The second kappa shape index (κ2) is 7.59. The molecule has 0 saturated carbocycles. The van der Waals surface area contributed by atoms with Gasteiger partial charge in [0.05, 0.1) is 26.4 Å². The highest BCUT2D eigenvalue weighted by Crippen LogP contribution is 2.22. The first kappa shape index (κ1) is 16.0. The summed E-state index contributed by atoms with van der Waals surface area (Å²) in [5.74, 6) is 0.863. The first-order valence-electron chi connectivity index (χ1n) is 7.99. The Kier molecular flexibility index (Phi) is 5.28. The molecule has 0 aromatic heterocycles. The molecule has 1 aliphatic heterocycles. The average molecular weight is 313 g/mol. The minimum Gasteiger partial charge on any atom is -0.497 e. The summed E-state index contributed by atoms with van der Waals surface area (Å²) in [7, 11) is 1.67. The number of aliphatic hydroxyl groups is 1. The number of methoxy groups -OCH3 is 1. The van der Waals surface area contributed by atoms with Crippen LogP contribution in [0.15, 0.2) is 42.5 Å². The Morgan fingerprint density at radius 2 is 1.91 bits per heavy atom. The van der Waals surface area contributed by atoms with E-state index in [1.54, 1.807) is 7.11 Å². The van der Waals surface area contributed by atoms with E-state index in [2.05, 4.69) is 29.2 Å². The van der Waals surface area contributed by atoms with E-state index in [9.17, 15) is 5.11 Å². The maximum absolute atomic E-state index is 10.2. The summed E-state index contributed by atoms with van der Waals surface area (Å²) in [4.78, 5) is 2.23. The summed E-state index contributed by atoms with van der Waals surface area (Å²) >= 11 is 0. The van der Waals surface area contributed by atoms with E-state index in [0.29, 0.717) is 6.54 Å². The van der Waals surface area contributed by atoms with Crippen LogP contribution >= 0.6 is 0 Å². The van der Waals surface area contributed by atoms with Gasteiger partial charge >= 0.3 is 0 Å². The predicted molar refractivity (Wildman–Crippen MR) is 92.8 cm³/mol. The second-order valence-electron chi connectivity index (χ2n) is 5.81. The SMILES string of the molecule is COc1ccc2cc(/C=C\C(O)CN3CCOCC3)ccc2c1. The van der Waals surface area contributed by atoms with Crippen molar-refractivity contribution in [1.82, 2.24) is 4.90 Å². The second-order valence-corrected chi connectivity index (χ2v) is 5.81. The number of aliphatic hydroxyl groups excluding tert-OH is 1. The number of β-amino-alcohol motifs (C(OH)–C–C–N with tert-alkyl or cyclic N) is 1. The third-order valence-corrected chi connectivity index (χ3v) is 4.13. The molecule has 1 aliphatic rings. The van der Waals surface area contributed by atoms with Crippen molar-refractivity contribution >= 4 is 16.8 Å². The maximum Gasteiger partial charge on any atom is 0.119 e. The molecule has 2 aromatic rings. The molecule has 122 valence electrons. The van der Waals surface area contributed by atoms with Crippen LogP contribution in [-0.4, -0.2) is 56.1 Å². The lowest BCUT2D eigenvalue weighted by Gasteiger charge is -2.27. The highest BCUT2D eigenvalue weighted by atomic mass is 16.5. The van der Waals surface area contributed by atoms with E-state index in [4.69, 9.17) is 9.47 Å². The number of fused-ring (bicyclic) bond motifs is 1. The van der Waals surface area contributed by atoms with Gasteiger partial charge in [-0.15, -0.1) is 0 Å². The number of benzene rings is 2. The average Bonchev–Trinajstić information content (AvgIpc) is 2.60. The van der Waals surface area contributed by atoms with Gasteiger partial charge in [-0.25, -0.2) is 0 Å². The summed E-state index contributed by atoms with van der Waals surface area (Å²) in [6.07, 6.45) is 3.38. The molecule has 23 heavy (non-hydrogen) atoms. The third kappa shape index (κ3) is 4.32. The van der Waals surface area contributed by atoms with Crippen LogP contribution < -0.4 is 4.74 Å². The summed E-state index contributed by atoms with van der Waals surface area (Å²) in [6.45, 7) is 3.95. The number of hydrogen-bond donors (Lipinski definition) is 1. The van der Waals surface area contributed by atoms with Gasteiger partial charge in [0.25, 0.3) is 0 Å². The van der Waals surface area contributed by atoms with Crippen molar-refractivity contribution in [3.63, 3.8) is 0 Å². The molecule has 0 spiro atoms. The zero-order valence-electron chi connectivity index (χ0n) is 13.4. The van der Waals surface area contributed by atoms with Crippen molar-refractivity contribution in [2.24, 2.45) is 0 Å². The molecule has 2 aromatic carbocycles. The van der Waals surface area contributed by atoms with Crippen LogP contribution in [0.2, 0.25) is 0 Å². The molecule has 0 bridgehead atoms. The van der Waals surface area contributed by atoms with Crippen molar-refractivity contribution in [3.05, 3.63) is 48.0 Å². The molecule has 0 radical (unpaired) electrons. The number of rotatable bonds is 5. The first-order valence-corrected chi connectivity index (χ1v) is 7.99. The van der Waals surface area contributed by atoms with Gasteiger partial charge in [-0.2, -0.15) is 0 Å². The summed E-state index contributed by atoms with van der Waals surface area (Å²) in [5, 5.41) is 12.5. The summed E-state index contributed by atoms with van der Waals surface area (Å²) in [6, 6.07) is 12.3. The smallest absolute Gasteiger partial charge is 0.119 e. The monoisotopic (exact) mass is 313 g/mol. The fourth-order valence-electron chi connectivity index (χ4n) is 2.80. The van der Waals surface area contributed by atoms with Crippen molar-refractivity contribution in [2.75, 3.05) is 40.0 Å². The van der Waals surface area contributed by atoms with Gasteiger partial charge in [0, 0.05) is 19.6 Å². The normalized spacial score (nSPS) is 17.7. The minimum absolute atomic E-state index is 0.459. The molecule has 1 atom stereocenters. The predicted octanol–water partition coefficient (Wildman–Crippen LogP) is 2.55. The largest absolute Gasteiger partial charge is 0.497 e. The lowest BCUT2D eigenvalue weighted by Crippen LogP contribution is -2.40. The van der Waals surface area contributed by atoms with Crippen molar-refractivity contribution in [1.29, 1.82) is 0 Å².